The van der Waals surface area contributed by atoms with Gasteiger partial charge >= 0.3 is 5.97 Å². The Morgan fingerprint density at radius 2 is 2.18 bits per heavy atom. The summed E-state index contributed by atoms with van der Waals surface area (Å²) in [5.74, 6) is -0.769. The number of piperazine rings is 1. The largest absolute Gasteiger partial charge is 0.481 e. The third-order valence-corrected chi connectivity index (χ3v) is 3.35. The highest BCUT2D eigenvalue weighted by molar-refractivity contribution is 5.84. The van der Waals surface area contributed by atoms with Gasteiger partial charge in [0.25, 0.3) is 0 Å². The molecule has 1 amide bonds. The second-order valence-electron chi connectivity index (χ2n) is 5.71. The molecule has 17 heavy (non-hydrogen) atoms. The summed E-state index contributed by atoms with van der Waals surface area (Å²) >= 11 is 0. The first-order valence-electron chi connectivity index (χ1n) is 6.19. The third-order valence-electron chi connectivity index (χ3n) is 3.35. The summed E-state index contributed by atoms with van der Waals surface area (Å²) in [5, 5.41) is 12.0. The van der Waals surface area contributed by atoms with Crippen molar-refractivity contribution in [2.45, 2.75) is 57.2 Å². The highest BCUT2D eigenvalue weighted by Crippen LogP contribution is 2.31. The summed E-state index contributed by atoms with van der Waals surface area (Å²) < 4.78 is 0. The van der Waals surface area contributed by atoms with Crippen LogP contribution in [0.2, 0.25) is 0 Å². The van der Waals surface area contributed by atoms with E-state index < -0.39 is 5.97 Å². The van der Waals surface area contributed by atoms with Crippen LogP contribution in [0.1, 0.15) is 39.5 Å². The van der Waals surface area contributed by atoms with Crippen molar-refractivity contribution in [3.8, 4) is 0 Å². The van der Waals surface area contributed by atoms with Gasteiger partial charge in [-0.05, 0) is 33.1 Å². The maximum atomic E-state index is 12.2. The predicted octanol–water partition coefficient (Wildman–Crippen LogP) is 0.593. The fraction of sp³-hybridized carbons (Fsp3) is 0.833. The lowest BCUT2D eigenvalue weighted by Gasteiger charge is -2.43. The number of carbonyl (C=O) groups is 2. The van der Waals surface area contributed by atoms with Crippen molar-refractivity contribution in [1.82, 2.24) is 10.2 Å². The van der Waals surface area contributed by atoms with Gasteiger partial charge in [0.2, 0.25) is 5.91 Å². The van der Waals surface area contributed by atoms with Crippen LogP contribution in [0.25, 0.3) is 0 Å². The predicted molar refractivity (Wildman–Crippen MR) is 62.6 cm³/mol. The SMILES string of the molecule is CC1(C)CN(C2CC2)C(=O)C(CCC(=O)O)N1. The minimum absolute atomic E-state index is 0.0397. The summed E-state index contributed by atoms with van der Waals surface area (Å²) in [6.45, 7) is 4.84. The molecule has 5 nitrogen and oxygen atoms in total. The van der Waals surface area contributed by atoms with E-state index in [4.69, 9.17) is 5.11 Å². The van der Waals surface area contributed by atoms with Gasteiger partial charge in [0, 0.05) is 24.5 Å². The average molecular weight is 240 g/mol. The van der Waals surface area contributed by atoms with E-state index >= 15 is 0 Å². The lowest BCUT2D eigenvalue weighted by atomic mass is 9.95. The third kappa shape index (κ3) is 2.97. The Kier molecular flexibility index (Phi) is 3.12. The van der Waals surface area contributed by atoms with E-state index in [9.17, 15) is 9.59 Å². The molecular weight excluding hydrogens is 220 g/mol. The summed E-state index contributed by atoms with van der Waals surface area (Å²) in [6.07, 6.45) is 2.60. The monoisotopic (exact) mass is 240 g/mol. The van der Waals surface area contributed by atoms with Crippen molar-refractivity contribution in [3.63, 3.8) is 0 Å². The van der Waals surface area contributed by atoms with Gasteiger partial charge in [-0.1, -0.05) is 0 Å². The van der Waals surface area contributed by atoms with Gasteiger partial charge in [-0.15, -0.1) is 0 Å². The van der Waals surface area contributed by atoms with E-state index in [1.54, 1.807) is 0 Å². The van der Waals surface area contributed by atoms with Crippen molar-refractivity contribution in [1.29, 1.82) is 0 Å². The number of hydrogen-bond acceptors (Lipinski definition) is 3. The number of carboxylic acid groups (broad SMARTS) is 1. The molecule has 1 unspecified atom stereocenters. The molecule has 0 spiro atoms. The topological polar surface area (TPSA) is 69.6 Å². The van der Waals surface area contributed by atoms with Gasteiger partial charge in [-0.2, -0.15) is 0 Å². The van der Waals surface area contributed by atoms with Crippen LogP contribution in [0, 0.1) is 0 Å². The number of amides is 1. The number of nitrogens with zero attached hydrogens (tertiary/aromatic N) is 1. The first-order valence-corrected chi connectivity index (χ1v) is 6.19. The molecule has 0 radical (unpaired) electrons. The van der Waals surface area contributed by atoms with E-state index in [2.05, 4.69) is 19.2 Å². The number of aliphatic carboxylic acids is 1. The minimum Gasteiger partial charge on any atom is -0.481 e. The van der Waals surface area contributed by atoms with Gasteiger partial charge in [0.1, 0.15) is 0 Å². The molecular formula is C12H20N2O3. The zero-order valence-electron chi connectivity index (χ0n) is 10.4. The molecule has 2 fully saturated rings. The first-order chi connectivity index (χ1) is 7.89. The highest BCUT2D eigenvalue weighted by atomic mass is 16.4. The van der Waals surface area contributed by atoms with Crippen molar-refractivity contribution in [2.75, 3.05) is 6.54 Å². The second kappa shape index (κ2) is 4.29. The van der Waals surface area contributed by atoms with E-state index in [0.717, 1.165) is 19.4 Å². The van der Waals surface area contributed by atoms with Crippen molar-refractivity contribution in [3.05, 3.63) is 0 Å². The average Bonchev–Trinajstić information content (AvgIpc) is 3.02. The van der Waals surface area contributed by atoms with Crippen molar-refractivity contribution in [2.24, 2.45) is 0 Å². The number of nitrogens with one attached hydrogen (secondary N) is 1. The molecule has 1 aliphatic heterocycles. The summed E-state index contributed by atoms with van der Waals surface area (Å²) in [4.78, 5) is 24.7. The minimum atomic E-state index is -0.846. The fourth-order valence-corrected chi connectivity index (χ4v) is 2.44. The number of carbonyl (C=O) groups excluding carboxylic acids is 1. The standard InChI is InChI=1S/C12H20N2O3/c1-12(2)7-14(8-3-4-8)11(17)9(13-12)5-6-10(15)16/h8-9,13H,3-7H2,1-2H3,(H,15,16). The molecule has 1 heterocycles. The Morgan fingerprint density at radius 1 is 1.53 bits per heavy atom. The lowest BCUT2D eigenvalue weighted by Crippen LogP contribution is -2.65. The fourth-order valence-electron chi connectivity index (χ4n) is 2.44. The second-order valence-corrected chi connectivity index (χ2v) is 5.71. The maximum Gasteiger partial charge on any atom is 0.303 e. The van der Waals surface area contributed by atoms with Crippen LogP contribution in [0.4, 0.5) is 0 Å². The normalized spacial score (nSPS) is 28.2. The zero-order valence-corrected chi connectivity index (χ0v) is 10.4. The highest BCUT2D eigenvalue weighted by Gasteiger charge is 2.43. The molecule has 96 valence electrons. The summed E-state index contributed by atoms with van der Waals surface area (Å²) in [6, 6.07) is 0.0617. The Labute approximate surface area is 101 Å². The Bertz CT molecular complexity index is 337. The van der Waals surface area contributed by atoms with E-state index in [1.807, 2.05) is 4.90 Å². The van der Waals surface area contributed by atoms with E-state index in [0.29, 0.717) is 12.5 Å². The van der Waals surface area contributed by atoms with Gasteiger partial charge < -0.3 is 10.0 Å². The Balaban J connectivity index is 2.03. The summed E-state index contributed by atoms with van der Waals surface area (Å²) in [7, 11) is 0. The van der Waals surface area contributed by atoms with Crippen LogP contribution in [-0.2, 0) is 9.59 Å². The van der Waals surface area contributed by atoms with Gasteiger partial charge in [0.05, 0.1) is 6.04 Å². The van der Waals surface area contributed by atoms with Crippen molar-refractivity contribution >= 4 is 11.9 Å². The number of hydrogen-bond donors (Lipinski definition) is 2. The lowest BCUT2D eigenvalue weighted by molar-refractivity contribution is -0.141. The molecule has 0 bridgehead atoms. The smallest absolute Gasteiger partial charge is 0.303 e. The van der Waals surface area contributed by atoms with Crippen LogP contribution in [0.5, 0.6) is 0 Å². The zero-order chi connectivity index (χ0) is 12.6. The van der Waals surface area contributed by atoms with Crippen molar-refractivity contribution < 1.29 is 14.7 Å². The van der Waals surface area contributed by atoms with Gasteiger partial charge in [-0.25, -0.2) is 0 Å². The van der Waals surface area contributed by atoms with Crippen LogP contribution in [0.3, 0.4) is 0 Å². The molecule has 0 aromatic carbocycles. The quantitative estimate of drug-likeness (QED) is 0.754. The van der Waals surface area contributed by atoms with Crippen LogP contribution >= 0.6 is 0 Å². The molecule has 2 N–H and O–H groups in total. The number of rotatable bonds is 4. The molecule has 0 aromatic rings. The molecule has 1 atom stereocenters. The molecule has 1 saturated carbocycles. The molecule has 2 aliphatic rings. The van der Waals surface area contributed by atoms with E-state index in [-0.39, 0.29) is 23.9 Å². The Morgan fingerprint density at radius 3 is 2.71 bits per heavy atom. The van der Waals surface area contributed by atoms with Crippen LogP contribution in [-0.4, -0.2) is 46.1 Å². The van der Waals surface area contributed by atoms with Crippen LogP contribution in [0.15, 0.2) is 0 Å². The van der Waals surface area contributed by atoms with Gasteiger partial charge in [0.15, 0.2) is 0 Å². The molecule has 5 heteroatoms. The molecule has 0 aromatic heterocycles. The molecule has 1 saturated heterocycles. The maximum absolute atomic E-state index is 12.2. The molecule has 1 aliphatic carbocycles. The molecule has 2 rings (SSSR count). The summed E-state index contributed by atoms with van der Waals surface area (Å²) in [5.41, 5.74) is -0.125. The van der Waals surface area contributed by atoms with Crippen LogP contribution < -0.4 is 5.32 Å². The number of carboxylic acids is 1. The van der Waals surface area contributed by atoms with Gasteiger partial charge in [-0.3, -0.25) is 14.9 Å². The Hall–Kier alpha value is -1.10. The first kappa shape index (κ1) is 12.4. The van der Waals surface area contributed by atoms with E-state index in [1.165, 1.54) is 0 Å².